The van der Waals surface area contributed by atoms with Crippen LogP contribution in [0.2, 0.25) is 0 Å². The molecule has 1 aromatic heterocycles. The van der Waals surface area contributed by atoms with Crippen molar-refractivity contribution in [3.8, 4) is 11.1 Å². The SMILES string of the molecule is O=C(Nc1cc(F)c2[nH]cc(-c3cccc(F)c3)c2c1)C1CCOC1. The highest BCUT2D eigenvalue weighted by Crippen LogP contribution is 2.32. The summed E-state index contributed by atoms with van der Waals surface area (Å²) in [5, 5.41) is 3.34. The van der Waals surface area contributed by atoms with Gasteiger partial charge in [-0.2, -0.15) is 0 Å². The van der Waals surface area contributed by atoms with Gasteiger partial charge in [-0.05, 0) is 36.2 Å². The maximum absolute atomic E-state index is 14.4. The molecular formula is C19H16F2N2O2. The summed E-state index contributed by atoms with van der Waals surface area (Å²) in [6.45, 7) is 0.947. The molecule has 1 atom stereocenters. The van der Waals surface area contributed by atoms with E-state index in [1.54, 1.807) is 24.4 Å². The van der Waals surface area contributed by atoms with Crippen molar-refractivity contribution in [2.75, 3.05) is 18.5 Å². The van der Waals surface area contributed by atoms with E-state index >= 15 is 0 Å². The Morgan fingerprint density at radius 3 is 2.88 bits per heavy atom. The van der Waals surface area contributed by atoms with Crippen molar-refractivity contribution in [2.45, 2.75) is 6.42 Å². The molecule has 3 aromatic rings. The van der Waals surface area contributed by atoms with Crippen molar-refractivity contribution in [2.24, 2.45) is 5.92 Å². The van der Waals surface area contributed by atoms with E-state index < -0.39 is 5.82 Å². The van der Waals surface area contributed by atoms with Crippen LogP contribution in [-0.4, -0.2) is 24.1 Å². The molecule has 25 heavy (non-hydrogen) atoms. The molecule has 1 amide bonds. The smallest absolute Gasteiger partial charge is 0.229 e. The van der Waals surface area contributed by atoms with Gasteiger partial charge < -0.3 is 15.0 Å². The molecule has 0 spiro atoms. The van der Waals surface area contributed by atoms with Gasteiger partial charge in [0.25, 0.3) is 0 Å². The number of carbonyl (C=O) groups is 1. The molecule has 4 nitrogen and oxygen atoms in total. The van der Waals surface area contributed by atoms with Crippen LogP contribution < -0.4 is 5.32 Å². The molecule has 1 aliphatic rings. The van der Waals surface area contributed by atoms with E-state index in [1.165, 1.54) is 18.2 Å². The summed E-state index contributed by atoms with van der Waals surface area (Å²) in [5.74, 6) is -1.23. The lowest BCUT2D eigenvalue weighted by molar-refractivity contribution is -0.119. The zero-order valence-electron chi connectivity index (χ0n) is 13.3. The van der Waals surface area contributed by atoms with E-state index in [2.05, 4.69) is 10.3 Å². The Morgan fingerprint density at radius 1 is 1.24 bits per heavy atom. The van der Waals surface area contributed by atoms with Crippen LogP contribution in [0.3, 0.4) is 0 Å². The van der Waals surface area contributed by atoms with E-state index in [9.17, 15) is 13.6 Å². The van der Waals surface area contributed by atoms with Crippen LogP contribution >= 0.6 is 0 Å². The minimum absolute atomic E-state index is 0.181. The number of hydrogen-bond donors (Lipinski definition) is 2. The Morgan fingerprint density at radius 2 is 2.12 bits per heavy atom. The highest BCUT2D eigenvalue weighted by atomic mass is 19.1. The summed E-state index contributed by atoms with van der Waals surface area (Å²) in [6.07, 6.45) is 2.30. The van der Waals surface area contributed by atoms with Gasteiger partial charge in [0.05, 0.1) is 18.0 Å². The first-order chi connectivity index (χ1) is 12.1. The first kappa shape index (κ1) is 15.8. The van der Waals surface area contributed by atoms with Gasteiger partial charge in [-0.25, -0.2) is 8.78 Å². The number of hydrogen-bond acceptors (Lipinski definition) is 2. The van der Waals surface area contributed by atoms with Crippen molar-refractivity contribution in [1.82, 2.24) is 4.98 Å². The van der Waals surface area contributed by atoms with Crippen molar-refractivity contribution in [3.05, 3.63) is 54.2 Å². The summed E-state index contributed by atoms with van der Waals surface area (Å²) < 4.78 is 33.1. The van der Waals surface area contributed by atoms with E-state index in [0.717, 1.165) is 0 Å². The largest absolute Gasteiger partial charge is 0.381 e. The summed E-state index contributed by atoms with van der Waals surface area (Å²) in [4.78, 5) is 15.1. The second-order valence-corrected chi connectivity index (χ2v) is 6.14. The van der Waals surface area contributed by atoms with E-state index in [-0.39, 0.29) is 17.6 Å². The lowest BCUT2D eigenvalue weighted by atomic mass is 10.0. The number of aromatic amines is 1. The van der Waals surface area contributed by atoms with Gasteiger partial charge in [-0.1, -0.05) is 12.1 Å². The molecule has 1 aliphatic heterocycles. The number of aromatic nitrogens is 1. The monoisotopic (exact) mass is 342 g/mol. The summed E-state index contributed by atoms with van der Waals surface area (Å²) in [6, 6.07) is 9.08. The first-order valence-electron chi connectivity index (χ1n) is 8.07. The van der Waals surface area contributed by atoms with Crippen molar-refractivity contribution >= 4 is 22.5 Å². The average Bonchev–Trinajstić information content (AvgIpc) is 3.25. The highest BCUT2D eigenvalue weighted by Gasteiger charge is 2.24. The van der Waals surface area contributed by atoms with Crippen LogP contribution in [0.5, 0.6) is 0 Å². The number of carbonyl (C=O) groups excluding carboxylic acids is 1. The minimum Gasteiger partial charge on any atom is -0.381 e. The van der Waals surface area contributed by atoms with Crippen LogP contribution in [0.1, 0.15) is 6.42 Å². The Balaban J connectivity index is 1.72. The van der Waals surface area contributed by atoms with Gasteiger partial charge >= 0.3 is 0 Å². The van der Waals surface area contributed by atoms with E-state index in [1.807, 2.05) is 0 Å². The van der Waals surface area contributed by atoms with E-state index in [4.69, 9.17) is 4.74 Å². The lowest BCUT2D eigenvalue weighted by Gasteiger charge is -2.10. The molecule has 0 aliphatic carbocycles. The maximum Gasteiger partial charge on any atom is 0.229 e. The predicted molar refractivity (Wildman–Crippen MR) is 91.2 cm³/mol. The molecule has 6 heteroatoms. The second kappa shape index (κ2) is 6.29. The summed E-state index contributed by atoms with van der Waals surface area (Å²) in [5.41, 5.74) is 2.01. The number of benzene rings is 2. The number of nitrogens with one attached hydrogen (secondary N) is 2. The average molecular weight is 342 g/mol. The van der Waals surface area contributed by atoms with Crippen LogP contribution in [-0.2, 0) is 9.53 Å². The third-order valence-electron chi connectivity index (χ3n) is 4.44. The third kappa shape index (κ3) is 3.00. The number of anilines is 1. The van der Waals surface area contributed by atoms with Crippen LogP contribution in [0.4, 0.5) is 14.5 Å². The molecule has 2 heterocycles. The van der Waals surface area contributed by atoms with Crippen LogP contribution in [0.15, 0.2) is 42.6 Å². The standard InChI is InChI=1S/C19H16F2N2O2/c20-13-3-1-2-11(6-13)16-9-22-18-15(16)7-14(8-17(18)21)23-19(24)12-4-5-25-10-12/h1-3,6-9,12,22H,4-5,10H2,(H,23,24). The molecule has 128 valence electrons. The molecule has 4 rings (SSSR count). The van der Waals surface area contributed by atoms with Gasteiger partial charge in [-0.15, -0.1) is 0 Å². The summed E-state index contributed by atoms with van der Waals surface area (Å²) >= 11 is 0. The molecule has 2 aromatic carbocycles. The van der Waals surface area contributed by atoms with Gasteiger partial charge in [0.15, 0.2) is 0 Å². The lowest BCUT2D eigenvalue weighted by Crippen LogP contribution is -2.22. The van der Waals surface area contributed by atoms with Gasteiger partial charge in [0.2, 0.25) is 5.91 Å². The summed E-state index contributed by atoms with van der Waals surface area (Å²) in [7, 11) is 0. The highest BCUT2D eigenvalue weighted by molar-refractivity contribution is 6.00. The molecule has 2 N–H and O–H groups in total. The first-order valence-corrected chi connectivity index (χ1v) is 8.07. The molecule has 1 saturated heterocycles. The molecule has 1 fully saturated rings. The van der Waals surface area contributed by atoms with Crippen LogP contribution in [0, 0.1) is 17.6 Å². The normalized spacial score (nSPS) is 17.1. The number of amides is 1. The fourth-order valence-corrected chi connectivity index (χ4v) is 3.14. The van der Waals surface area contributed by atoms with E-state index in [0.29, 0.717) is 47.4 Å². The number of halogens is 2. The zero-order chi connectivity index (χ0) is 17.4. The van der Waals surface area contributed by atoms with Crippen molar-refractivity contribution in [3.63, 3.8) is 0 Å². The predicted octanol–water partition coefficient (Wildman–Crippen LogP) is 4.09. The fourth-order valence-electron chi connectivity index (χ4n) is 3.14. The molecule has 1 unspecified atom stereocenters. The number of ether oxygens (including phenoxy) is 1. The number of fused-ring (bicyclic) bond motifs is 1. The fraction of sp³-hybridized carbons (Fsp3) is 0.211. The number of H-pyrrole nitrogens is 1. The minimum atomic E-state index is -0.474. The van der Waals surface area contributed by atoms with Crippen molar-refractivity contribution < 1.29 is 18.3 Å². The zero-order valence-corrected chi connectivity index (χ0v) is 13.3. The Bertz CT molecular complexity index is 946. The third-order valence-corrected chi connectivity index (χ3v) is 4.44. The Hall–Kier alpha value is -2.73. The van der Waals surface area contributed by atoms with Crippen LogP contribution in [0.25, 0.3) is 22.0 Å². The Labute approximate surface area is 142 Å². The Kier molecular flexibility index (Phi) is 3.97. The van der Waals surface area contributed by atoms with Gasteiger partial charge in [0.1, 0.15) is 11.6 Å². The molecular weight excluding hydrogens is 326 g/mol. The molecule has 0 bridgehead atoms. The topological polar surface area (TPSA) is 54.1 Å². The molecule has 0 radical (unpaired) electrons. The second-order valence-electron chi connectivity index (χ2n) is 6.14. The number of rotatable bonds is 3. The molecule has 0 saturated carbocycles. The van der Waals surface area contributed by atoms with Gasteiger partial charge in [-0.3, -0.25) is 4.79 Å². The van der Waals surface area contributed by atoms with Crippen molar-refractivity contribution in [1.29, 1.82) is 0 Å². The van der Waals surface area contributed by atoms with Gasteiger partial charge in [0, 0.05) is 29.4 Å². The maximum atomic E-state index is 14.4. The quantitative estimate of drug-likeness (QED) is 0.753.